The lowest BCUT2D eigenvalue weighted by Crippen LogP contribution is -2.52. The summed E-state index contributed by atoms with van der Waals surface area (Å²) in [5.41, 5.74) is 0.288. The molecule has 5 unspecified atom stereocenters. The molecule has 0 radical (unpaired) electrons. The number of carboxylic acids is 1. The minimum absolute atomic E-state index is 0.163. The van der Waals surface area contributed by atoms with E-state index in [2.05, 4.69) is 39.5 Å². The monoisotopic (exact) mass is 295 g/mol. The summed E-state index contributed by atoms with van der Waals surface area (Å²) >= 11 is 0. The Morgan fingerprint density at radius 1 is 1.10 bits per heavy atom. The maximum atomic E-state index is 11.7. The van der Waals surface area contributed by atoms with Gasteiger partial charge in [-0.2, -0.15) is 0 Å². The van der Waals surface area contributed by atoms with Crippen LogP contribution in [0, 0.1) is 29.1 Å². The van der Waals surface area contributed by atoms with Crippen molar-refractivity contribution in [1.29, 1.82) is 0 Å². The molecule has 1 heterocycles. The Kier molecular flexibility index (Phi) is 5.02. The van der Waals surface area contributed by atoms with E-state index < -0.39 is 5.97 Å². The molecule has 21 heavy (non-hydrogen) atoms. The number of hydrogen-bond donors (Lipinski definition) is 1. The van der Waals surface area contributed by atoms with Gasteiger partial charge in [-0.3, -0.25) is 9.69 Å². The number of rotatable bonds is 2. The van der Waals surface area contributed by atoms with Crippen molar-refractivity contribution in [2.45, 2.75) is 66.3 Å². The van der Waals surface area contributed by atoms with Gasteiger partial charge in [0, 0.05) is 12.6 Å². The van der Waals surface area contributed by atoms with E-state index in [4.69, 9.17) is 0 Å². The Hall–Kier alpha value is -0.570. The van der Waals surface area contributed by atoms with Gasteiger partial charge in [-0.25, -0.2) is 0 Å². The Balaban J connectivity index is 2.12. The van der Waals surface area contributed by atoms with Crippen molar-refractivity contribution in [2.24, 2.45) is 29.1 Å². The second-order valence-electron chi connectivity index (χ2n) is 8.63. The van der Waals surface area contributed by atoms with Crippen molar-refractivity contribution in [1.82, 2.24) is 4.90 Å². The maximum Gasteiger partial charge on any atom is 0.308 e. The third-order valence-electron chi connectivity index (χ3n) is 6.19. The normalized spacial score (nSPS) is 39.2. The minimum atomic E-state index is -0.585. The van der Waals surface area contributed by atoms with Crippen LogP contribution in [0.1, 0.15) is 60.3 Å². The van der Waals surface area contributed by atoms with E-state index in [1.165, 1.54) is 6.42 Å². The first-order valence-electron chi connectivity index (χ1n) is 8.67. The number of carboxylic acid groups (broad SMARTS) is 1. The third-order valence-corrected chi connectivity index (χ3v) is 6.19. The molecule has 1 aliphatic carbocycles. The van der Waals surface area contributed by atoms with Crippen LogP contribution in [0.25, 0.3) is 0 Å². The van der Waals surface area contributed by atoms with Crippen LogP contribution in [0.3, 0.4) is 0 Å². The zero-order valence-electron chi connectivity index (χ0n) is 14.4. The Morgan fingerprint density at radius 2 is 1.76 bits per heavy atom. The molecule has 3 heteroatoms. The van der Waals surface area contributed by atoms with Crippen LogP contribution >= 0.6 is 0 Å². The van der Waals surface area contributed by atoms with Crippen molar-refractivity contribution in [3.05, 3.63) is 0 Å². The summed E-state index contributed by atoms with van der Waals surface area (Å²) in [5, 5.41) is 9.62. The summed E-state index contributed by atoms with van der Waals surface area (Å²) in [7, 11) is 0. The SMILES string of the molecule is CC1CCN(C2CC(C(C)(C)C)CCC2C(=O)O)CC1C. The summed E-state index contributed by atoms with van der Waals surface area (Å²) in [6.07, 6.45) is 4.19. The lowest BCUT2D eigenvalue weighted by Gasteiger charge is -2.48. The van der Waals surface area contributed by atoms with Gasteiger partial charge in [0.2, 0.25) is 0 Å². The highest BCUT2D eigenvalue weighted by Crippen LogP contribution is 2.42. The van der Waals surface area contributed by atoms with Gasteiger partial charge in [-0.05, 0) is 55.4 Å². The van der Waals surface area contributed by atoms with E-state index in [-0.39, 0.29) is 17.4 Å². The molecule has 1 saturated heterocycles. The molecule has 0 aromatic rings. The minimum Gasteiger partial charge on any atom is -0.481 e. The zero-order chi connectivity index (χ0) is 15.8. The molecule has 0 amide bonds. The quantitative estimate of drug-likeness (QED) is 0.840. The lowest BCUT2D eigenvalue weighted by molar-refractivity contribution is -0.147. The smallest absolute Gasteiger partial charge is 0.308 e. The molecule has 2 rings (SSSR count). The van der Waals surface area contributed by atoms with Crippen LogP contribution in [0.5, 0.6) is 0 Å². The molecular weight excluding hydrogens is 262 g/mol. The second-order valence-corrected chi connectivity index (χ2v) is 8.63. The maximum absolute atomic E-state index is 11.7. The van der Waals surface area contributed by atoms with Crippen LogP contribution in [0.4, 0.5) is 0 Å². The third kappa shape index (κ3) is 3.80. The molecule has 0 aromatic carbocycles. The Labute approximate surface area is 130 Å². The van der Waals surface area contributed by atoms with Crippen LogP contribution in [-0.2, 0) is 4.79 Å². The summed E-state index contributed by atoms with van der Waals surface area (Å²) in [6.45, 7) is 13.7. The average molecular weight is 295 g/mol. The molecular formula is C18H33NO2. The molecule has 0 aromatic heterocycles. The molecule has 0 spiro atoms. The van der Waals surface area contributed by atoms with Crippen molar-refractivity contribution >= 4 is 5.97 Å². The van der Waals surface area contributed by atoms with Crippen LogP contribution in [0.2, 0.25) is 0 Å². The van der Waals surface area contributed by atoms with E-state index in [0.29, 0.717) is 11.8 Å². The van der Waals surface area contributed by atoms with E-state index in [1.54, 1.807) is 0 Å². The lowest BCUT2D eigenvalue weighted by atomic mass is 9.67. The van der Waals surface area contributed by atoms with Crippen LogP contribution in [0.15, 0.2) is 0 Å². The number of hydrogen-bond acceptors (Lipinski definition) is 2. The van der Waals surface area contributed by atoms with Crippen molar-refractivity contribution in [2.75, 3.05) is 13.1 Å². The highest BCUT2D eigenvalue weighted by molar-refractivity contribution is 5.71. The first kappa shape index (κ1) is 16.8. The summed E-state index contributed by atoms with van der Waals surface area (Å²) in [4.78, 5) is 14.2. The molecule has 1 N–H and O–H groups in total. The van der Waals surface area contributed by atoms with E-state index in [0.717, 1.165) is 38.3 Å². The predicted octanol–water partition coefficient (Wildman–Crippen LogP) is 3.88. The number of nitrogens with zero attached hydrogens (tertiary/aromatic N) is 1. The number of aliphatic carboxylic acids is 1. The van der Waals surface area contributed by atoms with Gasteiger partial charge in [0.05, 0.1) is 5.92 Å². The largest absolute Gasteiger partial charge is 0.481 e. The molecule has 122 valence electrons. The molecule has 0 bridgehead atoms. The number of piperidine rings is 1. The van der Waals surface area contributed by atoms with Crippen LogP contribution in [-0.4, -0.2) is 35.1 Å². The predicted molar refractivity (Wildman–Crippen MR) is 86.2 cm³/mol. The first-order valence-corrected chi connectivity index (χ1v) is 8.67. The van der Waals surface area contributed by atoms with E-state index in [9.17, 15) is 9.90 Å². The van der Waals surface area contributed by atoms with Crippen molar-refractivity contribution in [3.63, 3.8) is 0 Å². The fraction of sp³-hybridized carbons (Fsp3) is 0.944. The molecule has 2 aliphatic rings. The highest BCUT2D eigenvalue weighted by Gasteiger charge is 2.42. The first-order chi connectivity index (χ1) is 9.70. The number of carbonyl (C=O) groups is 1. The van der Waals surface area contributed by atoms with Gasteiger partial charge in [0.1, 0.15) is 0 Å². The Morgan fingerprint density at radius 3 is 2.29 bits per heavy atom. The van der Waals surface area contributed by atoms with Gasteiger partial charge in [-0.1, -0.05) is 34.6 Å². The van der Waals surface area contributed by atoms with Crippen molar-refractivity contribution in [3.8, 4) is 0 Å². The van der Waals surface area contributed by atoms with E-state index >= 15 is 0 Å². The summed E-state index contributed by atoms with van der Waals surface area (Å²) in [5.74, 6) is 1.35. The molecule has 1 saturated carbocycles. The zero-order valence-corrected chi connectivity index (χ0v) is 14.4. The standard InChI is InChI=1S/C18H33NO2/c1-12-8-9-19(11-13(12)2)16-10-14(18(3,4)5)6-7-15(16)17(20)21/h12-16H,6-11H2,1-5H3,(H,20,21). The van der Waals surface area contributed by atoms with Crippen molar-refractivity contribution < 1.29 is 9.90 Å². The fourth-order valence-corrected chi connectivity index (χ4v) is 4.22. The molecule has 1 aliphatic heterocycles. The average Bonchev–Trinajstić information content (AvgIpc) is 2.40. The number of likely N-dealkylation sites (tertiary alicyclic amines) is 1. The Bertz CT molecular complexity index is 374. The second kappa shape index (κ2) is 6.28. The molecule has 3 nitrogen and oxygen atoms in total. The van der Waals surface area contributed by atoms with Gasteiger partial charge < -0.3 is 5.11 Å². The van der Waals surface area contributed by atoms with E-state index in [1.807, 2.05) is 0 Å². The highest BCUT2D eigenvalue weighted by atomic mass is 16.4. The topological polar surface area (TPSA) is 40.5 Å². The molecule has 2 fully saturated rings. The fourth-order valence-electron chi connectivity index (χ4n) is 4.22. The van der Waals surface area contributed by atoms with Gasteiger partial charge in [0.25, 0.3) is 0 Å². The molecule has 5 atom stereocenters. The van der Waals surface area contributed by atoms with Gasteiger partial charge >= 0.3 is 5.97 Å². The summed E-state index contributed by atoms with van der Waals surface area (Å²) < 4.78 is 0. The van der Waals surface area contributed by atoms with Gasteiger partial charge in [0.15, 0.2) is 0 Å². The summed E-state index contributed by atoms with van der Waals surface area (Å²) in [6, 6.07) is 0.246. The van der Waals surface area contributed by atoms with Crippen LogP contribution < -0.4 is 0 Å². The van der Waals surface area contributed by atoms with Gasteiger partial charge in [-0.15, -0.1) is 0 Å².